The van der Waals surface area contributed by atoms with Crippen LogP contribution >= 0.6 is 27.7 Å². The van der Waals surface area contributed by atoms with Gasteiger partial charge in [-0.15, -0.1) is 0 Å². The number of fused-ring (bicyclic) bond motifs is 1. The van der Waals surface area contributed by atoms with Gasteiger partial charge in [0.1, 0.15) is 11.4 Å². The smallest absolute Gasteiger partial charge is 0.126 e. The van der Waals surface area contributed by atoms with Gasteiger partial charge in [-0.2, -0.15) is 11.8 Å². The highest BCUT2D eigenvalue weighted by atomic mass is 79.9. The van der Waals surface area contributed by atoms with Crippen molar-refractivity contribution >= 4 is 27.7 Å². The standard InChI is InChI=1S/C14H18BrNOS/c1-2-16-12-8-14(5-6-18-9-14)17-13-7-10(15)3-4-11(12)13/h3-4,7,12,16H,2,5-6,8-9H2,1H3. The van der Waals surface area contributed by atoms with Crippen LogP contribution in [0, 0.1) is 0 Å². The van der Waals surface area contributed by atoms with Crippen LogP contribution in [-0.4, -0.2) is 23.7 Å². The summed E-state index contributed by atoms with van der Waals surface area (Å²) in [5.41, 5.74) is 1.37. The van der Waals surface area contributed by atoms with Crippen molar-refractivity contribution in [2.75, 3.05) is 18.1 Å². The van der Waals surface area contributed by atoms with E-state index in [9.17, 15) is 0 Å². The van der Waals surface area contributed by atoms with Gasteiger partial charge < -0.3 is 10.1 Å². The Bertz CT molecular complexity index is 445. The Balaban J connectivity index is 1.97. The first-order valence-corrected chi connectivity index (χ1v) is 8.47. The average molecular weight is 328 g/mol. The van der Waals surface area contributed by atoms with E-state index in [0.29, 0.717) is 6.04 Å². The predicted molar refractivity (Wildman–Crippen MR) is 80.5 cm³/mol. The Labute approximate surface area is 121 Å². The summed E-state index contributed by atoms with van der Waals surface area (Å²) in [5.74, 6) is 3.41. The zero-order valence-electron chi connectivity index (χ0n) is 10.5. The van der Waals surface area contributed by atoms with Crippen LogP contribution in [0.15, 0.2) is 22.7 Å². The lowest BCUT2D eigenvalue weighted by Gasteiger charge is -2.40. The second kappa shape index (κ2) is 5.06. The summed E-state index contributed by atoms with van der Waals surface area (Å²) in [6.07, 6.45) is 2.27. The number of benzene rings is 1. The molecule has 1 saturated heterocycles. The summed E-state index contributed by atoms with van der Waals surface area (Å²) in [4.78, 5) is 0. The molecule has 2 aliphatic rings. The maximum absolute atomic E-state index is 6.35. The quantitative estimate of drug-likeness (QED) is 0.893. The minimum atomic E-state index is 0.0608. The minimum absolute atomic E-state index is 0.0608. The Morgan fingerprint density at radius 3 is 3.17 bits per heavy atom. The molecule has 98 valence electrons. The number of halogens is 1. The molecule has 1 aromatic carbocycles. The molecule has 2 aliphatic heterocycles. The summed E-state index contributed by atoms with van der Waals surface area (Å²) >= 11 is 5.55. The van der Waals surface area contributed by atoms with E-state index in [1.54, 1.807) is 0 Å². The van der Waals surface area contributed by atoms with E-state index in [4.69, 9.17) is 4.74 Å². The van der Waals surface area contributed by atoms with Gasteiger partial charge in [-0.05, 0) is 30.9 Å². The highest BCUT2D eigenvalue weighted by molar-refractivity contribution is 9.10. The van der Waals surface area contributed by atoms with Crippen molar-refractivity contribution in [1.82, 2.24) is 5.32 Å². The van der Waals surface area contributed by atoms with Crippen LogP contribution in [0.2, 0.25) is 0 Å². The molecule has 2 heterocycles. The Kier molecular flexibility index (Phi) is 3.61. The summed E-state index contributed by atoms with van der Waals surface area (Å²) in [6, 6.07) is 6.84. The number of rotatable bonds is 2. The Morgan fingerprint density at radius 2 is 2.44 bits per heavy atom. The summed E-state index contributed by atoms with van der Waals surface area (Å²) < 4.78 is 7.44. The van der Waals surface area contributed by atoms with Crippen molar-refractivity contribution in [2.24, 2.45) is 0 Å². The maximum Gasteiger partial charge on any atom is 0.126 e. The molecule has 1 spiro atoms. The molecule has 0 amide bonds. The van der Waals surface area contributed by atoms with Crippen molar-refractivity contribution in [2.45, 2.75) is 31.4 Å². The van der Waals surface area contributed by atoms with Gasteiger partial charge in [0.05, 0.1) is 0 Å². The van der Waals surface area contributed by atoms with Crippen molar-refractivity contribution in [3.8, 4) is 5.75 Å². The molecule has 2 unspecified atom stereocenters. The predicted octanol–water partition coefficient (Wildman–Crippen LogP) is 3.76. The zero-order valence-corrected chi connectivity index (χ0v) is 12.9. The van der Waals surface area contributed by atoms with E-state index in [0.717, 1.165) is 28.9 Å². The zero-order chi connectivity index (χ0) is 12.6. The molecule has 1 aromatic rings. The van der Waals surface area contributed by atoms with Crippen molar-refractivity contribution in [3.63, 3.8) is 0 Å². The molecule has 2 atom stereocenters. The summed E-state index contributed by atoms with van der Waals surface area (Å²) in [5, 5.41) is 3.61. The van der Waals surface area contributed by atoms with Gasteiger partial charge in [0, 0.05) is 28.3 Å². The van der Waals surface area contributed by atoms with E-state index in [-0.39, 0.29) is 5.60 Å². The molecule has 4 heteroatoms. The van der Waals surface area contributed by atoms with Crippen LogP contribution in [0.5, 0.6) is 5.75 Å². The lowest BCUT2D eigenvalue weighted by atomic mass is 9.86. The average Bonchev–Trinajstić information content (AvgIpc) is 2.77. The summed E-state index contributed by atoms with van der Waals surface area (Å²) in [6.45, 7) is 3.17. The molecule has 1 N–H and O–H groups in total. The lowest BCUT2D eigenvalue weighted by Crippen LogP contribution is -2.44. The Morgan fingerprint density at radius 1 is 1.56 bits per heavy atom. The first-order valence-electron chi connectivity index (χ1n) is 6.52. The van der Waals surface area contributed by atoms with Gasteiger partial charge >= 0.3 is 0 Å². The van der Waals surface area contributed by atoms with Crippen LogP contribution in [0.3, 0.4) is 0 Å². The molecule has 0 radical (unpaired) electrons. The SMILES string of the molecule is CCNC1CC2(CCSC2)Oc2cc(Br)ccc21. The van der Waals surface area contributed by atoms with Gasteiger partial charge in [-0.3, -0.25) is 0 Å². The van der Waals surface area contributed by atoms with Crippen LogP contribution in [-0.2, 0) is 0 Å². The second-order valence-electron chi connectivity index (χ2n) is 5.08. The summed E-state index contributed by atoms with van der Waals surface area (Å²) in [7, 11) is 0. The third-order valence-electron chi connectivity index (χ3n) is 3.77. The third-order valence-corrected chi connectivity index (χ3v) is 5.49. The fraction of sp³-hybridized carbons (Fsp3) is 0.571. The topological polar surface area (TPSA) is 21.3 Å². The Hall–Kier alpha value is -0.190. The van der Waals surface area contributed by atoms with Crippen molar-refractivity contribution < 1.29 is 4.74 Å². The van der Waals surface area contributed by atoms with E-state index in [1.165, 1.54) is 17.7 Å². The molecule has 1 fully saturated rings. The first-order chi connectivity index (χ1) is 8.72. The number of nitrogens with one attached hydrogen (secondary N) is 1. The third kappa shape index (κ3) is 2.30. The monoisotopic (exact) mass is 327 g/mol. The molecule has 0 saturated carbocycles. The second-order valence-corrected chi connectivity index (χ2v) is 7.11. The molecule has 0 aliphatic carbocycles. The van der Waals surface area contributed by atoms with E-state index >= 15 is 0 Å². The highest BCUT2D eigenvalue weighted by Gasteiger charge is 2.43. The normalized spacial score (nSPS) is 30.2. The minimum Gasteiger partial charge on any atom is -0.486 e. The maximum atomic E-state index is 6.35. The molecular formula is C14H18BrNOS. The van der Waals surface area contributed by atoms with E-state index < -0.39 is 0 Å². The van der Waals surface area contributed by atoms with Crippen molar-refractivity contribution in [1.29, 1.82) is 0 Å². The molecular weight excluding hydrogens is 310 g/mol. The number of hydrogen-bond donors (Lipinski definition) is 1. The van der Waals surface area contributed by atoms with Crippen LogP contribution in [0.25, 0.3) is 0 Å². The molecule has 3 rings (SSSR count). The van der Waals surface area contributed by atoms with Gasteiger partial charge in [-0.1, -0.05) is 28.9 Å². The molecule has 18 heavy (non-hydrogen) atoms. The fourth-order valence-electron chi connectivity index (χ4n) is 2.90. The number of thioether (sulfide) groups is 1. The van der Waals surface area contributed by atoms with E-state index in [1.807, 2.05) is 11.8 Å². The lowest BCUT2D eigenvalue weighted by molar-refractivity contribution is 0.0554. The molecule has 0 aromatic heterocycles. The van der Waals surface area contributed by atoms with E-state index in [2.05, 4.69) is 46.4 Å². The van der Waals surface area contributed by atoms with Crippen LogP contribution < -0.4 is 10.1 Å². The first kappa shape index (κ1) is 12.8. The van der Waals surface area contributed by atoms with Crippen molar-refractivity contribution in [3.05, 3.63) is 28.2 Å². The van der Waals surface area contributed by atoms with Gasteiger partial charge in [-0.25, -0.2) is 0 Å². The fourth-order valence-corrected chi connectivity index (χ4v) is 4.59. The van der Waals surface area contributed by atoms with Gasteiger partial charge in [0.15, 0.2) is 0 Å². The van der Waals surface area contributed by atoms with Crippen LogP contribution in [0.4, 0.5) is 0 Å². The largest absolute Gasteiger partial charge is 0.486 e. The van der Waals surface area contributed by atoms with Crippen LogP contribution in [0.1, 0.15) is 31.4 Å². The number of ether oxygens (including phenoxy) is 1. The van der Waals surface area contributed by atoms with Gasteiger partial charge in [0.2, 0.25) is 0 Å². The molecule has 2 nitrogen and oxygen atoms in total. The van der Waals surface area contributed by atoms with Gasteiger partial charge in [0.25, 0.3) is 0 Å². The number of hydrogen-bond acceptors (Lipinski definition) is 3. The highest BCUT2D eigenvalue weighted by Crippen LogP contribution is 2.46. The molecule has 0 bridgehead atoms.